The zero-order chi connectivity index (χ0) is 20.9. The van der Waals surface area contributed by atoms with Crippen LogP contribution in [0.2, 0.25) is 0 Å². The van der Waals surface area contributed by atoms with Gasteiger partial charge in [0.2, 0.25) is 0 Å². The number of hydrogen-bond donors (Lipinski definition) is 1. The first-order valence-corrected chi connectivity index (χ1v) is 10.2. The largest absolute Gasteiger partial charge is 0.286 e. The summed E-state index contributed by atoms with van der Waals surface area (Å²) in [6, 6.07) is 7.30. The van der Waals surface area contributed by atoms with Gasteiger partial charge < -0.3 is 0 Å². The Morgan fingerprint density at radius 2 is 2.04 bits per heavy atom. The van der Waals surface area contributed by atoms with Crippen molar-refractivity contribution in [3.05, 3.63) is 66.3 Å². The second kappa shape index (κ2) is 9.38. The fourth-order valence-corrected chi connectivity index (χ4v) is 4.42. The summed E-state index contributed by atoms with van der Waals surface area (Å²) in [5.41, 5.74) is 3.00. The molecule has 4 atom stereocenters. The molecular formula is C25H35NO2. The summed E-state index contributed by atoms with van der Waals surface area (Å²) >= 11 is 0. The molecular weight excluding hydrogens is 346 g/mol. The molecule has 3 nitrogen and oxygen atoms in total. The highest BCUT2D eigenvalue weighted by atomic mass is 16.5. The molecule has 1 saturated carbocycles. The highest BCUT2D eigenvalue weighted by Crippen LogP contribution is 2.49. The van der Waals surface area contributed by atoms with Crippen molar-refractivity contribution in [2.45, 2.75) is 46.5 Å². The van der Waals surface area contributed by atoms with E-state index < -0.39 is 5.91 Å². The predicted molar refractivity (Wildman–Crippen MR) is 117 cm³/mol. The first-order valence-electron chi connectivity index (χ1n) is 10.2. The third-order valence-electron chi connectivity index (χ3n) is 6.52. The van der Waals surface area contributed by atoms with Gasteiger partial charge in [0.05, 0.1) is 0 Å². The van der Waals surface area contributed by atoms with Crippen LogP contribution in [0.1, 0.15) is 62.4 Å². The molecule has 1 aliphatic rings. The Bertz CT molecular complexity index is 731. The first-order chi connectivity index (χ1) is 13.2. The second-order valence-corrected chi connectivity index (χ2v) is 8.71. The highest BCUT2D eigenvalue weighted by Gasteiger charge is 2.39. The summed E-state index contributed by atoms with van der Waals surface area (Å²) in [6.07, 6.45) is 11.1. The summed E-state index contributed by atoms with van der Waals surface area (Å²) in [7, 11) is 1.33. The summed E-state index contributed by atoms with van der Waals surface area (Å²) < 4.78 is 0. The smallest absolute Gasteiger partial charge is 0.276 e. The summed E-state index contributed by atoms with van der Waals surface area (Å²) in [4.78, 5) is 11.7. The van der Waals surface area contributed by atoms with Crippen molar-refractivity contribution in [1.82, 2.24) is 5.06 Å². The van der Waals surface area contributed by atoms with Gasteiger partial charge in [-0.15, -0.1) is 6.58 Å². The van der Waals surface area contributed by atoms with Gasteiger partial charge in [0.15, 0.2) is 0 Å². The molecule has 1 aromatic rings. The van der Waals surface area contributed by atoms with Crippen LogP contribution in [0.4, 0.5) is 0 Å². The number of amides is 1. The lowest BCUT2D eigenvalue weighted by atomic mass is 9.60. The van der Waals surface area contributed by atoms with Gasteiger partial charge in [-0.05, 0) is 73.5 Å². The minimum absolute atomic E-state index is 0.180. The molecule has 1 N–H and O–H groups in total. The van der Waals surface area contributed by atoms with Gasteiger partial charge in [0, 0.05) is 12.6 Å². The maximum atomic E-state index is 11.7. The van der Waals surface area contributed by atoms with E-state index in [0.717, 1.165) is 12.0 Å². The van der Waals surface area contributed by atoms with E-state index in [-0.39, 0.29) is 5.41 Å². The summed E-state index contributed by atoms with van der Waals surface area (Å²) in [5, 5.41) is 9.83. The summed E-state index contributed by atoms with van der Waals surface area (Å²) in [5.74, 6) is 1.45. The van der Waals surface area contributed by atoms with Crippen molar-refractivity contribution in [2.75, 3.05) is 7.05 Å². The van der Waals surface area contributed by atoms with E-state index in [1.165, 1.54) is 31.9 Å². The molecule has 1 aliphatic carbocycles. The molecule has 3 heteroatoms. The number of nitrogens with zero attached hydrogens (tertiary/aromatic N) is 1. The van der Waals surface area contributed by atoms with Crippen LogP contribution in [0.25, 0.3) is 6.08 Å². The lowest BCUT2D eigenvalue weighted by Gasteiger charge is -2.45. The molecule has 0 aromatic heterocycles. The minimum atomic E-state index is -0.403. The Morgan fingerprint density at radius 3 is 2.57 bits per heavy atom. The molecule has 0 aliphatic heterocycles. The zero-order valence-corrected chi connectivity index (χ0v) is 17.8. The molecule has 152 valence electrons. The molecule has 2 rings (SSSR count). The number of carbonyl (C=O) groups excluding carboxylic acids is 1. The number of allylic oxidation sites excluding steroid dienone is 3. The summed E-state index contributed by atoms with van der Waals surface area (Å²) in [6.45, 7) is 15.1. The van der Waals surface area contributed by atoms with Crippen molar-refractivity contribution in [3.8, 4) is 0 Å². The molecule has 0 radical (unpaired) electrons. The molecule has 0 spiro atoms. The Hall–Kier alpha value is -2.13. The topological polar surface area (TPSA) is 40.5 Å². The van der Waals surface area contributed by atoms with E-state index >= 15 is 0 Å². The van der Waals surface area contributed by atoms with Crippen LogP contribution in [0.5, 0.6) is 0 Å². The standard InChI is InChI=1S/C25H35NO2/c1-7-25(5)16-15-22(17-23(25)18(2)3)19(4)9-8-10-20-11-13-21(14-12-20)24(27)26(6)28/h7-8,10-14,19,22-23,28H,1-2,9,15-17H2,3-6H3/b10-8+/t19?,22-,23+,25-/m1/s1. The molecule has 0 saturated heterocycles. The fraction of sp³-hybridized carbons (Fsp3) is 0.480. The molecule has 1 unspecified atom stereocenters. The normalized spacial score (nSPS) is 26.0. The van der Waals surface area contributed by atoms with Crippen molar-refractivity contribution < 1.29 is 10.0 Å². The molecule has 1 amide bonds. The fourth-order valence-electron chi connectivity index (χ4n) is 4.42. The van der Waals surface area contributed by atoms with Gasteiger partial charge in [-0.3, -0.25) is 10.0 Å². The van der Waals surface area contributed by atoms with E-state index in [0.29, 0.717) is 28.4 Å². The van der Waals surface area contributed by atoms with Gasteiger partial charge >= 0.3 is 0 Å². The molecule has 28 heavy (non-hydrogen) atoms. The van der Waals surface area contributed by atoms with E-state index in [4.69, 9.17) is 0 Å². The number of benzene rings is 1. The maximum absolute atomic E-state index is 11.7. The number of hydrogen-bond acceptors (Lipinski definition) is 2. The number of carbonyl (C=O) groups is 1. The van der Waals surface area contributed by atoms with E-state index in [1.54, 1.807) is 12.1 Å². The van der Waals surface area contributed by atoms with Gasteiger partial charge in [-0.25, -0.2) is 5.06 Å². The quantitative estimate of drug-likeness (QED) is 0.338. The lowest BCUT2D eigenvalue weighted by Crippen LogP contribution is -2.35. The Morgan fingerprint density at radius 1 is 1.39 bits per heavy atom. The van der Waals surface area contributed by atoms with Crippen molar-refractivity contribution in [3.63, 3.8) is 0 Å². The molecule has 1 fully saturated rings. The van der Waals surface area contributed by atoms with E-state index in [9.17, 15) is 10.0 Å². The van der Waals surface area contributed by atoms with Crippen LogP contribution >= 0.6 is 0 Å². The molecule has 1 aromatic carbocycles. The van der Waals surface area contributed by atoms with Gasteiger partial charge in [0.1, 0.15) is 0 Å². The maximum Gasteiger partial charge on any atom is 0.276 e. The minimum Gasteiger partial charge on any atom is -0.286 e. The Labute approximate surface area is 170 Å². The predicted octanol–water partition coefficient (Wildman–Crippen LogP) is 6.37. The lowest BCUT2D eigenvalue weighted by molar-refractivity contribution is -0.0374. The zero-order valence-electron chi connectivity index (χ0n) is 17.8. The number of rotatable bonds is 7. The van der Waals surface area contributed by atoms with Crippen LogP contribution in [-0.4, -0.2) is 23.2 Å². The SMILES string of the molecule is C=C[C@]1(C)CC[C@@H](C(C)C/C=C/c2ccc(C(=O)N(C)O)cc2)C[C@H]1C(=C)C. The average molecular weight is 382 g/mol. The van der Waals surface area contributed by atoms with Crippen LogP contribution in [-0.2, 0) is 0 Å². The van der Waals surface area contributed by atoms with Crippen LogP contribution in [0.15, 0.2) is 55.1 Å². The molecule has 0 bridgehead atoms. The van der Waals surface area contributed by atoms with Crippen molar-refractivity contribution in [2.24, 2.45) is 23.2 Å². The number of hydroxylamine groups is 2. The van der Waals surface area contributed by atoms with E-state index in [1.807, 2.05) is 12.1 Å². The van der Waals surface area contributed by atoms with Gasteiger partial charge in [-0.2, -0.15) is 0 Å². The van der Waals surface area contributed by atoms with Crippen LogP contribution < -0.4 is 0 Å². The molecule has 0 heterocycles. The van der Waals surface area contributed by atoms with Crippen LogP contribution in [0, 0.1) is 23.2 Å². The van der Waals surface area contributed by atoms with E-state index in [2.05, 4.69) is 52.2 Å². The van der Waals surface area contributed by atoms with Gasteiger partial charge in [0.25, 0.3) is 5.91 Å². The first kappa shape index (κ1) is 22.2. The van der Waals surface area contributed by atoms with Crippen molar-refractivity contribution in [1.29, 1.82) is 0 Å². The highest BCUT2D eigenvalue weighted by molar-refractivity contribution is 5.93. The monoisotopic (exact) mass is 381 g/mol. The Kier molecular flexibility index (Phi) is 7.42. The average Bonchev–Trinajstić information content (AvgIpc) is 2.67. The third-order valence-corrected chi connectivity index (χ3v) is 6.52. The van der Waals surface area contributed by atoms with Crippen LogP contribution in [0.3, 0.4) is 0 Å². The van der Waals surface area contributed by atoms with Gasteiger partial charge in [-0.1, -0.05) is 56.4 Å². The Balaban J connectivity index is 1.94. The third kappa shape index (κ3) is 5.23. The second-order valence-electron chi connectivity index (χ2n) is 8.71. The van der Waals surface area contributed by atoms with Crippen molar-refractivity contribution >= 4 is 12.0 Å².